The van der Waals surface area contributed by atoms with Gasteiger partial charge in [0.15, 0.2) is 15.5 Å². The molecule has 50 heavy (non-hydrogen) atoms. The zero-order valence-corrected chi connectivity index (χ0v) is 29.3. The molecule has 2 amide bonds. The van der Waals surface area contributed by atoms with E-state index in [-0.39, 0.29) is 66.6 Å². The Morgan fingerprint density at radius 1 is 1.08 bits per heavy atom. The number of sulfone groups is 1. The minimum Gasteiger partial charge on any atom is -0.445 e. The molecule has 1 fully saturated rings. The number of alkyl halides is 5. The molecule has 0 aliphatic carbocycles. The quantitative estimate of drug-likeness (QED) is 0.200. The second-order valence-electron chi connectivity index (χ2n) is 12.7. The normalized spacial score (nSPS) is 17.1. The number of benzene rings is 2. The zero-order chi connectivity index (χ0) is 37.0. The maximum Gasteiger partial charge on any atom is 0.410 e. The van der Waals surface area contributed by atoms with Crippen LogP contribution in [0.4, 0.5) is 26.7 Å². The molecule has 0 spiro atoms. The second kappa shape index (κ2) is 15.5. The fourth-order valence-corrected chi connectivity index (χ4v) is 6.94. The van der Waals surface area contributed by atoms with Gasteiger partial charge < -0.3 is 19.7 Å². The van der Waals surface area contributed by atoms with Gasteiger partial charge in [-0.25, -0.2) is 13.2 Å². The highest BCUT2D eigenvalue weighted by atomic mass is 35.5. The number of amides is 2. The van der Waals surface area contributed by atoms with Crippen LogP contribution in [0.3, 0.4) is 0 Å². The Bertz CT molecular complexity index is 1790. The first-order valence-electron chi connectivity index (χ1n) is 15.7. The van der Waals surface area contributed by atoms with E-state index in [4.69, 9.17) is 21.1 Å². The molecule has 2 aromatic carbocycles. The summed E-state index contributed by atoms with van der Waals surface area (Å²) in [6.07, 6.45) is -4.29. The van der Waals surface area contributed by atoms with Crippen molar-refractivity contribution in [2.24, 2.45) is 5.41 Å². The number of hydrogen-bond acceptors (Lipinski definition) is 7. The summed E-state index contributed by atoms with van der Waals surface area (Å²) in [6.45, 7) is 0.120. The molecule has 1 aromatic heterocycles. The Hall–Kier alpha value is -3.92. The van der Waals surface area contributed by atoms with E-state index in [1.54, 1.807) is 37.3 Å². The Balaban J connectivity index is 1.57. The minimum absolute atomic E-state index is 0.0244. The average molecular weight is 749 g/mol. The van der Waals surface area contributed by atoms with Gasteiger partial charge >= 0.3 is 18.9 Å². The first kappa shape index (κ1) is 38.9. The molecular weight excluding hydrogens is 711 g/mol. The summed E-state index contributed by atoms with van der Waals surface area (Å²) in [5.74, 6) is -1.22. The van der Waals surface area contributed by atoms with Crippen LogP contribution < -0.4 is 10.1 Å². The third-order valence-electron chi connectivity index (χ3n) is 8.55. The van der Waals surface area contributed by atoms with E-state index in [2.05, 4.69) is 10.4 Å². The van der Waals surface area contributed by atoms with Crippen LogP contribution in [0.2, 0.25) is 5.02 Å². The largest absolute Gasteiger partial charge is 0.445 e. The molecule has 274 valence electrons. The van der Waals surface area contributed by atoms with E-state index < -0.39 is 63.5 Å². The maximum absolute atomic E-state index is 13.5. The van der Waals surface area contributed by atoms with Crippen LogP contribution in [0.1, 0.15) is 55.2 Å². The molecular formula is C33H38ClF5N4O6S. The molecule has 0 radical (unpaired) electrons. The summed E-state index contributed by atoms with van der Waals surface area (Å²) in [5, 5.41) is 5.88. The van der Waals surface area contributed by atoms with Crippen molar-refractivity contribution in [2.75, 3.05) is 19.3 Å². The van der Waals surface area contributed by atoms with Crippen LogP contribution in [0.15, 0.2) is 48.5 Å². The summed E-state index contributed by atoms with van der Waals surface area (Å²) in [4.78, 5) is 27.9. The molecule has 3 aromatic rings. The van der Waals surface area contributed by atoms with Gasteiger partial charge in [-0.1, -0.05) is 61.8 Å². The van der Waals surface area contributed by atoms with Gasteiger partial charge in [0, 0.05) is 31.5 Å². The number of nitrogens with zero attached hydrogens (tertiary/aromatic N) is 3. The molecule has 1 aliphatic heterocycles. The van der Waals surface area contributed by atoms with Crippen molar-refractivity contribution in [2.45, 2.75) is 77.3 Å². The number of ether oxygens (including phenoxy) is 2. The smallest absolute Gasteiger partial charge is 0.410 e. The lowest BCUT2D eigenvalue weighted by Crippen LogP contribution is -2.54. The zero-order valence-electron chi connectivity index (χ0n) is 27.8. The average Bonchev–Trinajstić information content (AvgIpc) is 3.37. The number of rotatable bonds is 12. The predicted molar refractivity (Wildman–Crippen MR) is 176 cm³/mol. The Morgan fingerprint density at radius 2 is 1.76 bits per heavy atom. The Morgan fingerprint density at radius 3 is 2.36 bits per heavy atom. The lowest BCUT2D eigenvalue weighted by molar-refractivity contribution is -0.211. The Kier molecular flexibility index (Phi) is 12.1. The topological polar surface area (TPSA) is 120 Å². The van der Waals surface area contributed by atoms with Crippen molar-refractivity contribution in [3.05, 3.63) is 70.4 Å². The third kappa shape index (κ3) is 9.24. The first-order chi connectivity index (χ1) is 23.3. The number of hydrogen-bond donors (Lipinski definition) is 1. The number of aromatic nitrogens is 2. The number of nitrogens with one attached hydrogen (secondary N) is 1. The fraction of sp³-hybridized carbons (Fsp3) is 0.485. The fourth-order valence-electron chi connectivity index (χ4n) is 5.62. The molecule has 1 N–H and O–H groups in total. The maximum atomic E-state index is 13.5. The van der Waals surface area contributed by atoms with Crippen molar-refractivity contribution < 1.29 is 49.4 Å². The lowest BCUT2D eigenvalue weighted by atomic mass is 9.84. The van der Waals surface area contributed by atoms with Gasteiger partial charge in [-0.2, -0.15) is 27.1 Å². The van der Waals surface area contributed by atoms with Gasteiger partial charge in [0.25, 0.3) is 5.91 Å². The Labute approximate surface area is 291 Å². The van der Waals surface area contributed by atoms with Gasteiger partial charge in [-0.05, 0) is 49.4 Å². The van der Waals surface area contributed by atoms with Crippen LogP contribution in [0.25, 0.3) is 11.3 Å². The number of carbonyl (C=O) groups excluding carboxylic acids is 2. The van der Waals surface area contributed by atoms with Crippen molar-refractivity contribution in [1.82, 2.24) is 20.0 Å². The SMILES string of the molecule is CCn1nc(C(=O)NC[C@H]2CC[C@@H](S(C)(=O)=O)CN2C(=O)OCc2ccccc2)c(Cl)c1-c1ccc(CC(C)(C)C(F)(F)F)cc1OC(F)F. The van der Waals surface area contributed by atoms with Gasteiger partial charge in [0.05, 0.1) is 27.4 Å². The van der Waals surface area contributed by atoms with Gasteiger partial charge in [-0.15, -0.1) is 0 Å². The van der Waals surface area contributed by atoms with Gasteiger partial charge in [0.2, 0.25) is 0 Å². The van der Waals surface area contributed by atoms with Crippen LogP contribution in [-0.4, -0.2) is 78.5 Å². The molecule has 0 unspecified atom stereocenters. The lowest BCUT2D eigenvalue weighted by Gasteiger charge is -2.38. The van der Waals surface area contributed by atoms with Crippen molar-refractivity contribution in [3.8, 4) is 17.0 Å². The standard InChI is InChI=1S/C33H38ClF5N4O6S/c1-5-43-28(24-14-11-21(15-25(24)49-30(35)36)16-32(2,3)33(37,38)39)26(34)27(41-43)29(44)40-17-22-12-13-23(50(4,46)47)18-42(22)31(45)48-19-20-9-7-6-8-10-20/h6-11,14-15,22-23,30H,5,12-13,16-19H2,1-4H3,(H,40,44)/t22-,23-/m1/s1. The molecule has 17 heteroatoms. The van der Waals surface area contributed by atoms with E-state index in [1.807, 2.05) is 0 Å². The van der Waals surface area contributed by atoms with Crippen molar-refractivity contribution in [3.63, 3.8) is 0 Å². The molecule has 0 saturated carbocycles. The second-order valence-corrected chi connectivity index (χ2v) is 15.4. The highest BCUT2D eigenvalue weighted by Gasteiger charge is 2.47. The number of aryl methyl sites for hydroxylation is 1. The number of piperidine rings is 1. The van der Waals surface area contributed by atoms with E-state index in [1.165, 1.54) is 21.7 Å². The summed E-state index contributed by atoms with van der Waals surface area (Å²) in [5.41, 5.74) is -1.64. The van der Waals surface area contributed by atoms with Crippen LogP contribution >= 0.6 is 11.6 Å². The highest BCUT2D eigenvalue weighted by molar-refractivity contribution is 7.91. The summed E-state index contributed by atoms with van der Waals surface area (Å²) in [7, 11) is -3.50. The molecule has 2 heterocycles. The molecule has 1 aliphatic rings. The van der Waals surface area contributed by atoms with Crippen molar-refractivity contribution in [1.29, 1.82) is 0 Å². The van der Waals surface area contributed by atoms with E-state index in [9.17, 15) is 40.0 Å². The number of likely N-dealkylation sites (tertiary alicyclic amines) is 1. The number of halogens is 6. The summed E-state index contributed by atoms with van der Waals surface area (Å²) < 4.78 is 104. The van der Waals surface area contributed by atoms with E-state index >= 15 is 0 Å². The van der Waals surface area contributed by atoms with Crippen LogP contribution in [0, 0.1) is 5.41 Å². The van der Waals surface area contributed by atoms with Crippen LogP contribution in [-0.2, 0) is 34.1 Å². The van der Waals surface area contributed by atoms with Crippen molar-refractivity contribution >= 4 is 33.4 Å². The van der Waals surface area contributed by atoms with E-state index in [0.29, 0.717) is 0 Å². The third-order valence-corrected chi connectivity index (χ3v) is 10.5. The molecule has 4 rings (SSSR count). The summed E-state index contributed by atoms with van der Waals surface area (Å²) in [6, 6.07) is 11.9. The predicted octanol–water partition coefficient (Wildman–Crippen LogP) is 6.90. The number of carbonyl (C=O) groups is 2. The molecule has 2 atom stereocenters. The molecule has 0 bridgehead atoms. The molecule has 10 nitrogen and oxygen atoms in total. The van der Waals surface area contributed by atoms with Gasteiger partial charge in [0.1, 0.15) is 12.4 Å². The highest BCUT2D eigenvalue weighted by Crippen LogP contribution is 2.43. The summed E-state index contributed by atoms with van der Waals surface area (Å²) >= 11 is 6.63. The van der Waals surface area contributed by atoms with Crippen LogP contribution in [0.5, 0.6) is 5.75 Å². The minimum atomic E-state index is -4.56. The first-order valence-corrected chi connectivity index (χ1v) is 18.0. The van der Waals surface area contributed by atoms with Gasteiger partial charge in [-0.3, -0.25) is 9.48 Å². The molecule has 1 saturated heterocycles. The van der Waals surface area contributed by atoms with E-state index in [0.717, 1.165) is 31.7 Å². The monoisotopic (exact) mass is 748 g/mol.